The Hall–Kier alpha value is -1.75. The molecule has 0 aliphatic carbocycles. The van der Waals surface area contributed by atoms with Crippen LogP contribution in [0.4, 0.5) is 8.78 Å². The van der Waals surface area contributed by atoms with E-state index in [-0.39, 0.29) is 17.9 Å². The third kappa shape index (κ3) is 3.13. The van der Waals surface area contributed by atoms with E-state index in [0.717, 1.165) is 17.5 Å². The quantitative estimate of drug-likeness (QED) is 0.945. The van der Waals surface area contributed by atoms with Crippen LogP contribution >= 0.6 is 0 Å². The molecule has 1 heterocycles. The largest absolute Gasteiger partial charge is 0.329 e. The molecule has 2 aromatic rings. The van der Waals surface area contributed by atoms with Crippen molar-refractivity contribution in [3.05, 3.63) is 52.9 Å². The molecule has 21 heavy (non-hydrogen) atoms. The highest BCUT2D eigenvalue weighted by Crippen LogP contribution is 2.29. The number of aromatic nitrogens is 2. The van der Waals surface area contributed by atoms with Crippen molar-refractivity contribution in [1.29, 1.82) is 0 Å². The zero-order chi connectivity index (χ0) is 15.8. The van der Waals surface area contributed by atoms with Crippen LogP contribution < -0.4 is 5.73 Å². The van der Waals surface area contributed by atoms with E-state index < -0.39 is 11.6 Å². The topological polar surface area (TPSA) is 43.8 Å². The van der Waals surface area contributed by atoms with Gasteiger partial charge >= 0.3 is 0 Å². The minimum Gasteiger partial charge on any atom is -0.329 e. The molecule has 0 saturated heterocycles. The van der Waals surface area contributed by atoms with Crippen molar-refractivity contribution in [2.24, 2.45) is 12.8 Å². The average molecular weight is 293 g/mol. The lowest BCUT2D eigenvalue weighted by Crippen LogP contribution is -2.18. The lowest BCUT2D eigenvalue weighted by Gasteiger charge is -2.16. The molecule has 1 unspecified atom stereocenters. The van der Waals surface area contributed by atoms with E-state index in [1.807, 2.05) is 13.1 Å². The second-order valence-corrected chi connectivity index (χ2v) is 6.28. The summed E-state index contributed by atoms with van der Waals surface area (Å²) in [4.78, 5) is 0. The van der Waals surface area contributed by atoms with Gasteiger partial charge < -0.3 is 5.73 Å². The highest BCUT2D eigenvalue weighted by Gasteiger charge is 2.25. The summed E-state index contributed by atoms with van der Waals surface area (Å²) in [5.41, 5.74) is 7.86. The van der Waals surface area contributed by atoms with Gasteiger partial charge in [-0.15, -0.1) is 0 Å². The molecule has 2 N–H and O–H groups in total. The number of nitrogens with zero attached hydrogens (tertiary/aromatic N) is 2. The van der Waals surface area contributed by atoms with Crippen LogP contribution in [0.2, 0.25) is 0 Å². The molecule has 0 saturated carbocycles. The molecule has 5 heteroatoms. The Labute approximate surface area is 123 Å². The zero-order valence-electron chi connectivity index (χ0n) is 12.8. The Bertz CT molecular complexity index is 641. The van der Waals surface area contributed by atoms with Crippen molar-refractivity contribution in [3.8, 4) is 0 Å². The molecule has 0 bridgehead atoms. The summed E-state index contributed by atoms with van der Waals surface area (Å²) in [6.07, 6.45) is 0. The Morgan fingerprint density at radius 2 is 1.90 bits per heavy atom. The number of aryl methyl sites for hydroxylation is 1. The summed E-state index contributed by atoms with van der Waals surface area (Å²) in [5, 5.41) is 4.49. The van der Waals surface area contributed by atoms with Crippen LogP contribution in [0.3, 0.4) is 0 Å². The van der Waals surface area contributed by atoms with E-state index >= 15 is 0 Å². The maximum atomic E-state index is 14.0. The van der Waals surface area contributed by atoms with Crippen molar-refractivity contribution in [1.82, 2.24) is 9.78 Å². The maximum absolute atomic E-state index is 14.0. The van der Waals surface area contributed by atoms with Crippen LogP contribution in [0, 0.1) is 11.6 Å². The molecule has 0 aliphatic heterocycles. The number of halogens is 2. The number of hydrogen-bond donors (Lipinski definition) is 1. The van der Waals surface area contributed by atoms with Crippen molar-refractivity contribution >= 4 is 0 Å². The van der Waals surface area contributed by atoms with Crippen LogP contribution in [-0.4, -0.2) is 16.3 Å². The van der Waals surface area contributed by atoms with Gasteiger partial charge in [-0.25, -0.2) is 8.78 Å². The second kappa shape index (κ2) is 5.56. The van der Waals surface area contributed by atoms with E-state index in [4.69, 9.17) is 5.73 Å². The lowest BCUT2D eigenvalue weighted by molar-refractivity contribution is 0.544. The molecule has 0 radical (unpaired) electrons. The fourth-order valence-electron chi connectivity index (χ4n) is 2.37. The first-order valence-corrected chi connectivity index (χ1v) is 6.93. The molecular formula is C16H21F2N3. The molecule has 0 spiro atoms. The standard InChI is InChI=1S/C16H21F2N3/c1-16(2,3)15-8-14(21(4)20-15)12(9-19)11-6-5-10(17)7-13(11)18/h5-8,12H,9,19H2,1-4H3. The monoisotopic (exact) mass is 293 g/mol. The normalized spacial score (nSPS) is 13.5. The van der Waals surface area contributed by atoms with E-state index in [9.17, 15) is 8.78 Å². The first-order chi connectivity index (χ1) is 9.74. The smallest absolute Gasteiger partial charge is 0.130 e. The van der Waals surface area contributed by atoms with Crippen LogP contribution in [0.25, 0.3) is 0 Å². The van der Waals surface area contributed by atoms with Crippen molar-refractivity contribution in [2.45, 2.75) is 32.1 Å². The van der Waals surface area contributed by atoms with Crippen molar-refractivity contribution in [2.75, 3.05) is 6.54 Å². The number of rotatable bonds is 3. The van der Waals surface area contributed by atoms with Crippen molar-refractivity contribution in [3.63, 3.8) is 0 Å². The summed E-state index contributed by atoms with van der Waals surface area (Å²) in [7, 11) is 1.81. The maximum Gasteiger partial charge on any atom is 0.130 e. The molecule has 0 amide bonds. The van der Waals surface area contributed by atoms with Gasteiger partial charge in [-0.2, -0.15) is 5.10 Å². The first kappa shape index (κ1) is 15.6. The predicted octanol–water partition coefficient (Wildman–Crippen LogP) is 3.09. The van der Waals surface area contributed by atoms with Crippen LogP contribution in [0.15, 0.2) is 24.3 Å². The number of nitrogens with two attached hydrogens (primary N) is 1. The van der Waals surface area contributed by atoms with Crippen molar-refractivity contribution < 1.29 is 8.78 Å². The minimum absolute atomic E-state index is 0.101. The second-order valence-electron chi connectivity index (χ2n) is 6.28. The van der Waals surface area contributed by atoms with Gasteiger partial charge in [0, 0.05) is 36.7 Å². The van der Waals surface area contributed by atoms with E-state index in [0.29, 0.717) is 5.56 Å². The molecule has 3 nitrogen and oxygen atoms in total. The van der Waals surface area contributed by atoms with Gasteiger partial charge in [-0.05, 0) is 17.7 Å². The summed E-state index contributed by atoms with van der Waals surface area (Å²) in [5.74, 6) is -1.52. The Balaban J connectivity index is 2.49. The first-order valence-electron chi connectivity index (χ1n) is 6.93. The molecule has 2 rings (SSSR count). The highest BCUT2D eigenvalue weighted by atomic mass is 19.1. The average Bonchev–Trinajstić information content (AvgIpc) is 2.75. The van der Waals surface area contributed by atoms with Crippen LogP contribution in [-0.2, 0) is 12.5 Å². The van der Waals surface area contributed by atoms with E-state index in [1.165, 1.54) is 12.1 Å². The number of benzene rings is 1. The summed E-state index contributed by atoms with van der Waals surface area (Å²) < 4.78 is 28.8. The van der Waals surface area contributed by atoms with Gasteiger partial charge in [0.05, 0.1) is 5.69 Å². The molecular weight excluding hydrogens is 272 g/mol. The third-order valence-corrected chi connectivity index (χ3v) is 3.62. The minimum atomic E-state index is -0.590. The van der Waals surface area contributed by atoms with E-state index in [2.05, 4.69) is 25.9 Å². The summed E-state index contributed by atoms with van der Waals surface area (Å²) in [6, 6.07) is 5.54. The van der Waals surface area contributed by atoms with Gasteiger partial charge in [-0.1, -0.05) is 26.8 Å². The fourth-order valence-corrected chi connectivity index (χ4v) is 2.37. The van der Waals surface area contributed by atoms with Crippen LogP contribution in [0.5, 0.6) is 0 Å². The molecule has 1 aromatic heterocycles. The zero-order valence-corrected chi connectivity index (χ0v) is 12.8. The van der Waals surface area contributed by atoms with Gasteiger partial charge in [0.1, 0.15) is 11.6 Å². The van der Waals surface area contributed by atoms with Crippen LogP contribution in [0.1, 0.15) is 43.6 Å². The lowest BCUT2D eigenvalue weighted by atomic mass is 9.89. The Morgan fingerprint density at radius 3 is 2.38 bits per heavy atom. The molecule has 114 valence electrons. The highest BCUT2D eigenvalue weighted by molar-refractivity contribution is 5.33. The van der Waals surface area contributed by atoms with E-state index in [1.54, 1.807) is 4.68 Å². The Morgan fingerprint density at radius 1 is 1.24 bits per heavy atom. The molecule has 1 atom stereocenters. The van der Waals surface area contributed by atoms with Gasteiger partial charge in [0.15, 0.2) is 0 Å². The van der Waals surface area contributed by atoms with Gasteiger partial charge in [0.2, 0.25) is 0 Å². The Kier molecular flexibility index (Phi) is 4.14. The summed E-state index contributed by atoms with van der Waals surface area (Å²) in [6.45, 7) is 6.42. The fraction of sp³-hybridized carbons (Fsp3) is 0.438. The molecule has 1 aromatic carbocycles. The van der Waals surface area contributed by atoms with Gasteiger partial charge in [0.25, 0.3) is 0 Å². The predicted molar refractivity (Wildman–Crippen MR) is 79.2 cm³/mol. The van der Waals surface area contributed by atoms with Gasteiger partial charge in [-0.3, -0.25) is 4.68 Å². The summed E-state index contributed by atoms with van der Waals surface area (Å²) >= 11 is 0. The third-order valence-electron chi connectivity index (χ3n) is 3.62. The molecule has 0 aliphatic rings. The number of hydrogen-bond acceptors (Lipinski definition) is 2. The SMILES string of the molecule is Cn1nc(C(C)(C)C)cc1C(CN)c1ccc(F)cc1F. The molecule has 0 fully saturated rings.